The summed E-state index contributed by atoms with van der Waals surface area (Å²) in [4.78, 5) is 2.34. The average molecular weight is 234 g/mol. The molecule has 0 amide bonds. The Kier molecular flexibility index (Phi) is 4.40. The molecule has 0 unspecified atom stereocenters. The van der Waals surface area contributed by atoms with Crippen molar-refractivity contribution in [3.63, 3.8) is 0 Å². The summed E-state index contributed by atoms with van der Waals surface area (Å²) in [5.74, 6) is 1.07. The maximum atomic E-state index is 5.51. The average Bonchev–Trinajstić information content (AvgIpc) is 2.81. The van der Waals surface area contributed by atoms with E-state index in [-0.39, 0.29) is 0 Å². The molecule has 2 rings (SSSR count). The molecular weight excluding hydrogens is 212 g/mol. The molecule has 3 heteroatoms. The summed E-state index contributed by atoms with van der Waals surface area (Å²) >= 11 is 0. The zero-order valence-electron chi connectivity index (χ0n) is 10.6. The first kappa shape index (κ1) is 12.4. The van der Waals surface area contributed by atoms with E-state index in [1.807, 2.05) is 0 Å². The van der Waals surface area contributed by atoms with Gasteiger partial charge in [-0.15, -0.1) is 0 Å². The van der Waals surface area contributed by atoms with Crippen LogP contribution in [-0.2, 0) is 12.8 Å². The minimum absolute atomic E-state index is 0.778. The molecule has 1 heterocycles. The van der Waals surface area contributed by atoms with Crippen molar-refractivity contribution < 1.29 is 4.74 Å². The van der Waals surface area contributed by atoms with E-state index in [4.69, 9.17) is 10.5 Å². The van der Waals surface area contributed by atoms with Crippen molar-refractivity contribution in [2.24, 2.45) is 5.73 Å². The van der Waals surface area contributed by atoms with E-state index in [2.05, 4.69) is 30.1 Å². The fraction of sp³-hybridized carbons (Fsp3) is 0.571. The Morgan fingerprint density at radius 2 is 2.24 bits per heavy atom. The van der Waals surface area contributed by atoms with Crippen LogP contribution < -0.4 is 10.5 Å². The number of nitrogens with zero attached hydrogens (tertiary/aromatic N) is 1. The van der Waals surface area contributed by atoms with Crippen molar-refractivity contribution >= 4 is 0 Å². The SMILES string of the molecule is CN(CCCN)CCc1ccc2c(c1)CCO2. The molecule has 0 radical (unpaired) electrons. The highest BCUT2D eigenvalue weighted by Crippen LogP contribution is 2.25. The molecule has 17 heavy (non-hydrogen) atoms. The second-order valence-corrected chi connectivity index (χ2v) is 4.74. The molecule has 0 saturated carbocycles. The monoisotopic (exact) mass is 234 g/mol. The van der Waals surface area contributed by atoms with Gasteiger partial charge in [0.15, 0.2) is 0 Å². The van der Waals surface area contributed by atoms with Gasteiger partial charge in [0, 0.05) is 13.0 Å². The van der Waals surface area contributed by atoms with E-state index in [1.54, 1.807) is 0 Å². The molecule has 2 N–H and O–H groups in total. The maximum Gasteiger partial charge on any atom is 0.122 e. The van der Waals surface area contributed by atoms with Crippen LogP contribution in [0.3, 0.4) is 0 Å². The van der Waals surface area contributed by atoms with Crippen LogP contribution in [-0.4, -0.2) is 38.2 Å². The minimum Gasteiger partial charge on any atom is -0.493 e. The number of nitrogens with two attached hydrogens (primary N) is 1. The summed E-state index contributed by atoms with van der Waals surface area (Å²) < 4.78 is 5.51. The summed E-state index contributed by atoms with van der Waals surface area (Å²) in [6, 6.07) is 6.58. The lowest BCUT2D eigenvalue weighted by molar-refractivity contribution is 0.335. The lowest BCUT2D eigenvalue weighted by Gasteiger charge is -2.16. The molecular formula is C14H22N2O. The van der Waals surface area contributed by atoms with Gasteiger partial charge in [0.1, 0.15) is 5.75 Å². The van der Waals surface area contributed by atoms with E-state index in [0.717, 1.165) is 51.3 Å². The number of fused-ring (bicyclic) bond motifs is 1. The molecule has 0 spiro atoms. The number of likely N-dealkylation sites (N-methyl/N-ethyl adjacent to an activating group) is 1. The summed E-state index contributed by atoms with van der Waals surface area (Å²) in [6.45, 7) is 3.81. The van der Waals surface area contributed by atoms with Gasteiger partial charge < -0.3 is 15.4 Å². The number of benzene rings is 1. The van der Waals surface area contributed by atoms with Gasteiger partial charge in [-0.25, -0.2) is 0 Å². The Morgan fingerprint density at radius 3 is 3.06 bits per heavy atom. The van der Waals surface area contributed by atoms with Crippen molar-refractivity contribution in [3.8, 4) is 5.75 Å². The molecule has 0 aromatic heterocycles. The quantitative estimate of drug-likeness (QED) is 0.809. The van der Waals surface area contributed by atoms with Gasteiger partial charge >= 0.3 is 0 Å². The van der Waals surface area contributed by atoms with E-state index in [1.165, 1.54) is 11.1 Å². The maximum absolute atomic E-state index is 5.51. The third-order valence-corrected chi connectivity index (χ3v) is 3.28. The van der Waals surface area contributed by atoms with Crippen LogP contribution in [0.2, 0.25) is 0 Å². The minimum atomic E-state index is 0.778. The van der Waals surface area contributed by atoms with Crippen molar-refractivity contribution in [2.45, 2.75) is 19.3 Å². The number of rotatable bonds is 6. The highest BCUT2D eigenvalue weighted by Gasteiger charge is 2.11. The van der Waals surface area contributed by atoms with Gasteiger partial charge in [-0.3, -0.25) is 0 Å². The van der Waals surface area contributed by atoms with Crippen LogP contribution in [0.15, 0.2) is 18.2 Å². The molecule has 1 aromatic rings. The zero-order valence-corrected chi connectivity index (χ0v) is 10.6. The molecule has 1 aliphatic heterocycles. The van der Waals surface area contributed by atoms with Gasteiger partial charge in [-0.05, 0) is 50.2 Å². The fourth-order valence-corrected chi connectivity index (χ4v) is 2.19. The van der Waals surface area contributed by atoms with Gasteiger partial charge in [0.05, 0.1) is 6.61 Å². The van der Waals surface area contributed by atoms with Crippen LogP contribution in [0, 0.1) is 0 Å². The van der Waals surface area contributed by atoms with Crippen molar-refractivity contribution in [1.29, 1.82) is 0 Å². The standard InChI is InChI=1S/C14H22N2O/c1-16(8-2-7-15)9-5-12-3-4-14-13(11-12)6-10-17-14/h3-4,11H,2,5-10,15H2,1H3. The second-order valence-electron chi connectivity index (χ2n) is 4.74. The highest BCUT2D eigenvalue weighted by atomic mass is 16.5. The Morgan fingerprint density at radius 1 is 1.35 bits per heavy atom. The van der Waals surface area contributed by atoms with E-state index >= 15 is 0 Å². The van der Waals surface area contributed by atoms with E-state index < -0.39 is 0 Å². The molecule has 0 fully saturated rings. The van der Waals surface area contributed by atoms with Gasteiger partial charge in [-0.1, -0.05) is 12.1 Å². The molecule has 0 saturated heterocycles. The van der Waals surface area contributed by atoms with E-state index in [0.29, 0.717) is 0 Å². The third-order valence-electron chi connectivity index (χ3n) is 3.28. The predicted octanol–water partition coefficient (Wildman–Crippen LogP) is 1.44. The third kappa shape index (κ3) is 3.45. The molecule has 1 aliphatic rings. The summed E-state index contributed by atoms with van der Waals surface area (Å²) in [6.07, 6.45) is 3.25. The number of hydrogen-bond donors (Lipinski definition) is 1. The first-order valence-electron chi connectivity index (χ1n) is 6.43. The smallest absolute Gasteiger partial charge is 0.122 e. The lowest BCUT2D eigenvalue weighted by Crippen LogP contribution is -2.24. The molecule has 1 aromatic carbocycles. The van der Waals surface area contributed by atoms with Crippen LogP contribution in [0.1, 0.15) is 17.5 Å². The molecule has 0 atom stereocenters. The van der Waals surface area contributed by atoms with Crippen molar-refractivity contribution in [1.82, 2.24) is 4.90 Å². The lowest BCUT2D eigenvalue weighted by atomic mass is 10.1. The van der Waals surface area contributed by atoms with Gasteiger partial charge in [-0.2, -0.15) is 0 Å². The topological polar surface area (TPSA) is 38.5 Å². The fourth-order valence-electron chi connectivity index (χ4n) is 2.19. The highest BCUT2D eigenvalue weighted by molar-refractivity contribution is 5.39. The van der Waals surface area contributed by atoms with Crippen LogP contribution in [0.25, 0.3) is 0 Å². The summed E-state index contributed by atoms with van der Waals surface area (Å²) in [5.41, 5.74) is 8.28. The second kappa shape index (κ2) is 6.03. The molecule has 0 bridgehead atoms. The number of ether oxygens (including phenoxy) is 1. The van der Waals surface area contributed by atoms with Gasteiger partial charge in [0.2, 0.25) is 0 Å². The first-order valence-corrected chi connectivity index (χ1v) is 6.43. The zero-order chi connectivity index (χ0) is 12.1. The number of hydrogen-bond acceptors (Lipinski definition) is 3. The van der Waals surface area contributed by atoms with Gasteiger partial charge in [0.25, 0.3) is 0 Å². The normalized spacial score (nSPS) is 13.8. The van der Waals surface area contributed by atoms with E-state index in [9.17, 15) is 0 Å². The van der Waals surface area contributed by atoms with Crippen molar-refractivity contribution in [3.05, 3.63) is 29.3 Å². The Balaban J connectivity index is 1.83. The first-order chi connectivity index (χ1) is 8.29. The van der Waals surface area contributed by atoms with Crippen molar-refractivity contribution in [2.75, 3.05) is 33.3 Å². The van der Waals surface area contributed by atoms with Crippen LogP contribution in [0.4, 0.5) is 0 Å². The molecule has 94 valence electrons. The Labute approximate surface area is 104 Å². The predicted molar refractivity (Wildman–Crippen MR) is 70.5 cm³/mol. The van der Waals surface area contributed by atoms with Crippen LogP contribution >= 0.6 is 0 Å². The molecule has 0 aliphatic carbocycles. The largest absolute Gasteiger partial charge is 0.493 e. The Bertz CT molecular complexity index is 365. The summed E-state index contributed by atoms with van der Waals surface area (Å²) in [7, 11) is 2.16. The molecule has 3 nitrogen and oxygen atoms in total. The van der Waals surface area contributed by atoms with Crippen LogP contribution in [0.5, 0.6) is 5.75 Å². The Hall–Kier alpha value is -1.06. The summed E-state index contributed by atoms with van der Waals surface area (Å²) in [5, 5.41) is 0.